The molecule has 0 atom stereocenters. The van der Waals surface area contributed by atoms with Gasteiger partial charge in [0.25, 0.3) is 0 Å². The van der Waals surface area contributed by atoms with Crippen molar-refractivity contribution < 1.29 is 4.42 Å². The molecule has 0 spiro atoms. The fourth-order valence-corrected chi connectivity index (χ4v) is 8.74. The van der Waals surface area contributed by atoms with Gasteiger partial charge in [-0.15, -0.1) is 0 Å². The van der Waals surface area contributed by atoms with Gasteiger partial charge in [0.05, 0.1) is 0 Å². The average molecular weight is 696 g/mol. The number of fused-ring (bicyclic) bond motifs is 4. The third-order valence-corrected chi connectivity index (χ3v) is 11.5. The summed E-state index contributed by atoms with van der Waals surface area (Å²) >= 11 is 0. The van der Waals surface area contributed by atoms with E-state index in [4.69, 9.17) is 4.42 Å². The van der Waals surface area contributed by atoms with Crippen LogP contribution in [0.1, 0.15) is 43.6 Å². The molecule has 0 amide bonds. The molecule has 0 aliphatic heterocycles. The van der Waals surface area contributed by atoms with Crippen molar-refractivity contribution in [2.24, 2.45) is 0 Å². The van der Waals surface area contributed by atoms with E-state index < -0.39 is 0 Å². The predicted molar refractivity (Wildman–Crippen MR) is 228 cm³/mol. The topological polar surface area (TPSA) is 16.4 Å². The number of hydrogen-bond acceptors (Lipinski definition) is 2. The number of nitrogens with zero attached hydrogens (tertiary/aromatic N) is 1. The molecule has 0 saturated heterocycles. The van der Waals surface area contributed by atoms with E-state index in [1.807, 2.05) is 6.07 Å². The third-order valence-electron chi connectivity index (χ3n) is 11.5. The summed E-state index contributed by atoms with van der Waals surface area (Å²) in [6, 6.07) is 66.3. The van der Waals surface area contributed by atoms with Gasteiger partial charge < -0.3 is 9.32 Å². The van der Waals surface area contributed by atoms with Crippen molar-refractivity contribution in [3.8, 4) is 33.4 Å². The van der Waals surface area contributed by atoms with Crippen LogP contribution in [0.2, 0.25) is 0 Å². The van der Waals surface area contributed by atoms with Crippen molar-refractivity contribution >= 4 is 49.8 Å². The number of benzene rings is 8. The molecule has 1 aliphatic carbocycles. The summed E-state index contributed by atoms with van der Waals surface area (Å²) in [4.78, 5) is 2.38. The Hall–Kier alpha value is -6.38. The van der Waals surface area contributed by atoms with Gasteiger partial charge >= 0.3 is 0 Å². The molecular weight excluding hydrogens is 655 g/mol. The first kappa shape index (κ1) is 32.3. The van der Waals surface area contributed by atoms with Crippen LogP contribution in [0.15, 0.2) is 186 Å². The predicted octanol–water partition coefficient (Wildman–Crippen LogP) is 15.3. The van der Waals surface area contributed by atoms with Crippen molar-refractivity contribution in [3.05, 3.63) is 188 Å². The highest BCUT2D eigenvalue weighted by molar-refractivity contribution is 6.06. The van der Waals surface area contributed by atoms with Gasteiger partial charge in [0.1, 0.15) is 11.2 Å². The van der Waals surface area contributed by atoms with Crippen LogP contribution >= 0.6 is 0 Å². The highest BCUT2D eigenvalue weighted by Crippen LogP contribution is 2.44. The Labute approximate surface area is 316 Å². The Morgan fingerprint density at radius 1 is 0.407 bits per heavy atom. The molecule has 2 heteroatoms. The largest absolute Gasteiger partial charge is 0.456 e. The summed E-state index contributed by atoms with van der Waals surface area (Å²) < 4.78 is 6.43. The number of hydrogen-bond donors (Lipinski definition) is 0. The van der Waals surface area contributed by atoms with Gasteiger partial charge in [0, 0.05) is 33.9 Å². The van der Waals surface area contributed by atoms with Gasteiger partial charge in [-0.3, -0.25) is 0 Å². The Morgan fingerprint density at radius 3 is 1.76 bits per heavy atom. The quantitative estimate of drug-likeness (QED) is 0.165. The van der Waals surface area contributed by atoms with Crippen LogP contribution in [0.4, 0.5) is 17.1 Å². The molecule has 260 valence electrons. The summed E-state index contributed by atoms with van der Waals surface area (Å²) in [5.41, 5.74) is 13.8. The molecule has 8 aromatic carbocycles. The maximum absolute atomic E-state index is 6.43. The van der Waals surface area contributed by atoms with Crippen LogP contribution in [-0.4, -0.2) is 0 Å². The Morgan fingerprint density at radius 2 is 1.02 bits per heavy atom. The molecule has 1 aliphatic rings. The van der Waals surface area contributed by atoms with Crippen molar-refractivity contribution in [1.29, 1.82) is 0 Å². The van der Waals surface area contributed by atoms with E-state index in [0.29, 0.717) is 5.92 Å². The van der Waals surface area contributed by atoms with Crippen molar-refractivity contribution in [2.75, 3.05) is 4.90 Å². The van der Waals surface area contributed by atoms with Crippen molar-refractivity contribution in [3.63, 3.8) is 0 Å². The summed E-state index contributed by atoms with van der Waals surface area (Å²) in [5, 5.41) is 4.83. The molecule has 0 radical (unpaired) electrons. The summed E-state index contributed by atoms with van der Waals surface area (Å²) in [6.45, 7) is 0. The van der Waals surface area contributed by atoms with Gasteiger partial charge in [-0.2, -0.15) is 0 Å². The maximum atomic E-state index is 6.43. The van der Waals surface area contributed by atoms with Crippen LogP contribution in [0, 0.1) is 0 Å². The van der Waals surface area contributed by atoms with E-state index >= 15 is 0 Å². The molecule has 1 fully saturated rings. The van der Waals surface area contributed by atoms with Gasteiger partial charge in [-0.05, 0) is 111 Å². The number of anilines is 3. The molecule has 0 N–H and O–H groups in total. The number of rotatable bonds is 7. The normalized spacial score (nSPS) is 13.5. The van der Waals surface area contributed by atoms with E-state index in [2.05, 4.69) is 181 Å². The minimum absolute atomic E-state index is 0.658. The highest BCUT2D eigenvalue weighted by Gasteiger charge is 2.20. The Bertz CT molecular complexity index is 2680. The smallest absolute Gasteiger partial charge is 0.137 e. The minimum atomic E-state index is 0.658. The molecule has 0 bridgehead atoms. The third kappa shape index (κ3) is 5.94. The van der Waals surface area contributed by atoms with Gasteiger partial charge in [-0.25, -0.2) is 0 Å². The van der Waals surface area contributed by atoms with E-state index in [-0.39, 0.29) is 0 Å². The molecule has 2 nitrogen and oxygen atoms in total. The first-order valence-electron chi connectivity index (χ1n) is 19.4. The maximum Gasteiger partial charge on any atom is 0.137 e. The zero-order valence-electron chi connectivity index (χ0n) is 30.3. The number of furan rings is 1. The van der Waals surface area contributed by atoms with Crippen molar-refractivity contribution in [2.45, 2.75) is 38.0 Å². The lowest BCUT2D eigenvalue weighted by atomic mass is 9.83. The van der Waals surface area contributed by atoms with Crippen LogP contribution in [-0.2, 0) is 0 Å². The van der Waals surface area contributed by atoms with E-state index in [1.54, 1.807) is 0 Å². The molecule has 54 heavy (non-hydrogen) atoms. The first-order chi connectivity index (χ1) is 26.8. The van der Waals surface area contributed by atoms with E-state index in [0.717, 1.165) is 39.0 Å². The van der Waals surface area contributed by atoms with E-state index in [1.165, 1.54) is 81.8 Å². The second-order valence-corrected chi connectivity index (χ2v) is 14.7. The van der Waals surface area contributed by atoms with Crippen LogP contribution in [0.5, 0.6) is 0 Å². The van der Waals surface area contributed by atoms with Crippen LogP contribution in [0.25, 0.3) is 66.1 Å². The lowest BCUT2D eigenvalue weighted by Crippen LogP contribution is -2.10. The molecule has 9 aromatic rings. The van der Waals surface area contributed by atoms with Crippen LogP contribution < -0.4 is 4.90 Å². The lowest BCUT2D eigenvalue weighted by molar-refractivity contribution is 0.444. The molecule has 1 aromatic heterocycles. The monoisotopic (exact) mass is 695 g/mol. The second-order valence-electron chi connectivity index (χ2n) is 14.7. The fraction of sp³-hybridized carbons (Fsp3) is 0.115. The molecule has 1 saturated carbocycles. The molecule has 0 unspecified atom stereocenters. The zero-order valence-corrected chi connectivity index (χ0v) is 30.3. The molecular formula is C52H41NO. The molecule has 10 rings (SSSR count). The first-order valence-corrected chi connectivity index (χ1v) is 19.4. The SMILES string of the molecule is c1ccc(-c2cccc(-c3ccccc3)c2-c2ccc(N(c3ccc4ccc(C5CCCCC5)cc4c3)c3ccc4c(c3)oc3ccccc34)cc2)cc1. The lowest BCUT2D eigenvalue weighted by Gasteiger charge is -2.27. The minimum Gasteiger partial charge on any atom is -0.456 e. The fourth-order valence-electron chi connectivity index (χ4n) is 8.74. The summed E-state index contributed by atoms with van der Waals surface area (Å²) in [7, 11) is 0. The Balaban J connectivity index is 1.12. The second kappa shape index (κ2) is 13.9. The Kier molecular flexibility index (Phi) is 8.30. The van der Waals surface area contributed by atoms with Gasteiger partial charge in [0.15, 0.2) is 0 Å². The standard InChI is InChI=1S/C52H41NO/c1-4-13-36(14-5-1)41-24-23-37-25-30-44(34-42(37)33-41)53(45-31-32-49-48-19-10-11-22-50(48)54-51(49)35-45)43-28-26-40(27-29-43)52-46(38-15-6-2-7-16-38)20-12-21-47(52)39-17-8-3-9-18-39/h2-3,6-12,15-36H,1,4-5,13-14H2. The highest BCUT2D eigenvalue weighted by atomic mass is 16.3. The van der Waals surface area contributed by atoms with E-state index in [9.17, 15) is 0 Å². The van der Waals surface area contributed by atoms with Gasteiger partial charge in [-0.1, -0.05) is 153 Å². The zero-order chi connectivity index (χ0) is 35.8. The van der Waals surface area contributed by atoms with Crippen LogP contribution in [0.3, 0.4) is 0 Å². The summed E-state index contributed by atoms with van der Waals surface area (Å²) in [5.74, 6) is 0.658. The molecule has 1 heterocycles. The van der Waals surface area contributed by atoms with Gasteiger partial charge in [0.2, 0.25) is 0 Å². The van der Waals surface area contributed by atoms with Crippen molar-refractivity contribution in [1.82, 2.24) is 0 Å². The number of para-hydroxylation sites is 1. The average Bonchev–Trinajstić information content (AvgIpc) is 3.62. The summed E-state index contributed by atoms with van der Waals surface area (Å²) in [6.07, 6.45) is 6.61.